The van der Waals surface area contributed by atoms with E-state index >= 15 is 0 Å². The number of aryl methyl sites for hydroxylation is 1. The van der Waals surface area contributed by atoms with E-state index < -0.39 is 0 Å². The number of hydrogen-bond acceptors (Lipinski definition) is 4. The highest BCUT2D eigenvalue weighted by molar-refractivity contribution is 5.69. The quantitative estimate of drug-likeness (QED) is 0.846. The summed E-state index contributed by atoms with van der Waals surface area (Å²) < 4.78 is 5.50. The smallest absolute Gasteiger partial charge is 0.233 e. The molecule has 0 fully saturated rings. The third kappa shape index (κ3) is 3.87. The standard InChI is InChI=1S/C19H23N3O/c1-6-7-14-11-16(22-18(12-20)21-14)15-10-13(19(2,3)4)8-9-17(15)23-5/h8-11H,6-7H2,1-5H3. The fourth-order valence-corrected chi connectivity index (χ4v) is 2.44. The lowest BCUT2D eigenvalue weighted by Gasteiger charge is -2.21. The van der Waals surface area contributed by atoms with Gasteiger partial charge in [0, 0.05) is 11.3 Å². The van der Waals surface area contributed by atoms with Gasteiger partial charge in [-0.15, -0.1) is 0 Å². The first-order valence-corrected chi connectivity index (χ1v) is 7.86. The molecule has 0 bridgehead atoms. The first kappa shape index (κ1) is 17.0. The van der Waals surface area contributed by atoms with Gasteiger partial charge in [0.1, 0.15) is 11.8 Å². The highest BCUT2D eigenvalue weighted by Gasteiger charge is 2.18. The third-order valence-electron chi connectivity index (χ3n) is 3.73. The summed E-state index contributed by atoms with van der Waals surface area (Å²) >= 11 is 0. The Morgan fingerprint density at radius 1 is 1.17 bits per heavy atom. The van der Waals surface area contributed by atoms with E-state index in [0.717, 1.165) is 35.5 Å². The molecule has 2 aromatic rings. The van der Waals surface area contributed by atoms with Crippen LogP contribution in [0.15, 0.2) is 24.3 Å². The van der Waals surface area contributed by atoms with Gasteiger partial charge in [-0.3, -0.25) is 0 Å². The summed E-state index contributed by atoms with van der Waals surface area (Å²) in [6.07, 6.45) is 1.80. The monoisotopic (exact) mass is 309 g/mol. The van der Waals surface area contributed by atoms with Crippen molar-refractivity contribution in [2.45, 2.75) is 46.0 Å². The van der Waals surface area contributed by atoms with Gasteiger partial charge in [-0.05, 0) is 35.6 Å². The minimum atomic E-state index is 0.0261. The third-order valence-corrected chi connectivity index (χ3v) is 3.73. The molecule has 0 saturated carbocycles. The number of rotatable bonds is 4. The van der Waals surface area contributed by atoms with Gasteiger partial charge >= 0.3 is 0 Å². The molecule has 4 nitrogen and oxygen atoms in total. The van der Waals surface area contributed by atoms with Gasteiger partial charge in [-0.25, -0.2) is 9.97 Å². The van der Waals surface area contributed by atoms with Crippen LogP contribution in [0.2, 0.25) is 0 Å². The number of nitriles is 1. The van der Waals surface area contributed by atoms with Crippen LogP contribution < -0.4 is 4.74 Å². The largest absolute Gasteiger partial charge is 0.496 e. The van der Waals surface area contributed by atoms with E-state index in [4.69, 9.17) is 4.74 Å². The molecule has 0 aliphatic carbocycles. The zero-order valence-corrected chi connectivity index (χ0v) is 14.5. The lowest BCUT2D eigenvalue weighted by atomic mass is 9.85. The summed E-state index contributed by atoms with van der Waals surface area (Å²) in [5, 5.41) is 9.21. The van der Waals surface area contributed by atoms with Crippen molar-refractivity contribution in [3.05, 3.63) is 41.3 Å². The van der Waals surface area contributed by atoms with E-state index in [9.17, 15) is 5.26 Å². The molecule has 0 aliphatic heterocycles. The lowest BCUT2D eigenvalue weighted by Crippen LogP contribution is -2.11. The van der Waals surface area contributed by atoms with Crippen LogP contribution in [0.25, 0.3) is 11.3 Å². The van der Waals surface area contributed by atoms with Gasteiger partial charge in [0.15, 0.2) is 0 Å². The average molecular weight is 309 g/mol. The van der Waals surface area contributed by atoms with E-state index in [1.807, 2.05) is 12.1 Å². The van der Waals surface area contributed by atoms with E-state index in [0.29, 0.717) is 0 Å². The van der Waals surface area contributed by atoms with Gasteiger partial charge in [0.25, 0.3) is 0 Å². The number of benzene rings is 1. The van der Waals surface area contributed by atoms with Crippen LogP contribution in [-0.2, 0) is 11.8 Å². The van der Waals surface area contributed by atoms with Gasteiger partial charge in [0.2, 0.25) is 5.82 Å². The van der Waals surface area contributed by atoms with Crippen molar-refractivity contribution in [2.24, 2.45) is 0 Å². The summed E-state index contributed by atoms with van der Waals surface area (Å²) in [5.74, 6) is 0.956. The predicted molar refractivity (Wildman–Crippen MR) is 91.4 cm³/mol. The Morgan fingerprint density at radius 2 is 1.91 bits per heavy atom. The maximum atomic E-state index is 9.21. The second-order valence-electron chi connectivity index (χ2n) is 6.59. The normalized spacial score (nSPS) is 11.1. The Labute approximate surface area is 138 Å². The highest BCUT2D eigenvalue weighted by Crippen LogP contribution is 2.34. The second kappa shape index (κ2) is 6.78. The van der Waals surface area contributed by atoms with Crippen LogP contribution in [0.4, 0.5) is 0 Å². The maximum absolute atomic E-state index is 9.21. The van der Waals surface area contributed by atoms with Gasteiger partial charge in [0.05, 0.1) is 12.8 Å². The van der Waals surface area contributed by atoms with Crippen molar-refractivity contribution in [3.8, 4) is 23.1 Å². The SMILES string of the molecule is CCCc1cc(-c2cc(C(C)(C)C)ccc2OC)nc(C#N)n1. The Morgan fingerprint density at radius 3 is 2.48 bits per heavy atom. The number of nitrogens with zero attached hydrogens (tertiary/aromatic N) is 3. The fourth-order valence-electron chi connectivity index (χ4n) is 2.44. The zero-order valence-electron chi connectivity index (χ0n) is 14.5. The van der Waals surface area contributed by atoms with Crippen LogP contribution in [0.1, 0.15) is 51.2 Å². The number of ether oxygens (including phenoxy) is 1. The molecule has 2 rings (SSSR count). The van der Waals surface area contributed by atoms with E-state index in [2.05, 4.69) is 55.9 Å². The first-order chi connectivity index (χ1) is 10.9. The minimum Gasteiger partial charge on any atom is -0.496 e. The van der Waals surface area contributed by atoms with Crippen LogP contribution in [0.5, 0.6) is 5.75 Å². The van der Waals surface area contributed by atoms with Crippen molar-refractivity contribution in [1.82, 2.24) is 9.97 Å². The van der Waals surface area contributed by atoms with Gasteiger partial charge < -0.3 is 4.74 Å². The summed E-state index contributed by atoms with van der Waals surface area (Å²) in [7, 11) is 1.65. The molecule has 0 amide bonds. The molecule has 0 unspecified atom stereocenters. The molecule has 1 heterocycles. The van der Waals surface area contributed by atoms with Crippen LogP contribution in [0.3, 0.4) is 0 Å². The lowest BCUT2D eigenvalue weighted by molar-refractivity contribution is 0.415. The molecule has 0 atom stereocenters. The molecule has 0 spiro atoms. The number of aromatic nitrogens is 2. The minimum absolute atomic E-state index is 0.0261. The number of hydrogen-bond donors (Lipinski definition) is 0. The molecular formula is C19H23N3O. The molecule has 120 valence electrons. The molecule has 0 saturated heterocycles. The Balaban J connectivity index is 2.64. The topological polar surface area (TPSA) is 58.8 Å². The zero-order chi connectivity index (χ0) is 17.0. The van der Waals surface area contributed by atoms with Crippen LogP contribution in [-0.4, -0.2) is 17.1 Å². The van der Waals surface area contributed by atoms with Crippen molar-refractivity contribution < 1.29 is 4.74 Å². The van der Waals surface area contributed by atoms with Gasteiger partial charge in [-0.2, -0.15) is 5.26 Å². The molecule has 23 heavy (non-hydrogen) atoms. The Bertz CT molecular complexity index is 739. The molecule has 0 aliphatic rings. The van der Waals surface area contributed by atoms with Crippen molar-refractivity contribution in [1.29, 1.82) is 5.26 Å². The molecular weight excluding hydrogens is 286 g/mol. The summed E-state index contributed by atoms with van der Waals surface area (Å²) in [6.45, 7) is 8.60. The second-order valence-corrected chi connectivity index (χ2v) is 6.59. The molecule has 0 N–H and O–H groups in total. The molecule has 4 heteroatoms. The van der Waals surface area contributed by atoms with Crippen LogP contribution >= 0.6 is 0 Å². The summed E-state index contributed by atoms with van der Waals surface area (Å²) in [4.78, 5) is 8.66. The van der Waals surface area contributed by atoms with E-state index in [-0.39, 0.29) is 11.2 Å². The van der Waals surface area contributed by atoms with Crippen molar-refractivity contribution in [2.75, 3.05) is 7.11 Å². The predicted octanol–water partition coefficient (Wildman–Crippen LogP) is 4.27. The van der Waals surface area contributed by atoms with Crippen molar-refractivity contribution in [3.63, 3.8) is 0 Å². The average Bonchev–Trinajstić information content (AvgIpc) is 2.53. The van der Waals surface area contributed by atoms with Crippen LogP contribution in [0, 0.1) is 11.3 Å². The number of methoxy groups -OCH3 is 1. The molecule has 0 radical (unpaired) electrons. The Hall–Kier alpha value is -2.41. The Kier molecular flexibility index (Phi) is 5.00. The highest BCUT2D eigenvalue weighted by atomic mass is 16.5. The van der Waals surface area contributed by atoms with E-state index in [1.165, 1.54) is 5.56 Å². The van der Waals surface area contributed by atoms with Gasteiger partial charge in [-0.1, -0.05) is 40.2 Å². The fraction of sp³-hybridized carbons (Fsp3) is 0.421. The van der Waals surface area contributed by atoms with Crippen molar-refractivity contribution >= 4 is 0 Å². The maximum Gasteiger partial charge on any atom is 0.233 e. The molecule has 1 aromatic heterocycles. The van der Waals surface area contributed by atoms with E-state index in [1.54, 1.807) is 7.11 Å². The first-order valence-electron chi connectivity index (χ1n) is 7.86. The molecule has 1 aromatic carbocycles. The summed E-state index contributed by atoms with van der Waals surface area (Å²) in [6, 6.07) is 10.1. The summed E-state index contributed by atoms with van der Waals surface area (Å²) in [5.41, 5.74) is 3.75.